The van der Waals surface area contributed by atoms with Gasteiger partial charge < -0.3 is 9.64 Å². The fourth-order valence-electron chi connectivity index (χ4n) is 2.89. The van der Waals surface area contributed by atoms with Crippen molar-refractivity contribution in [3.8, 4) is 0 Å². The summed E-state index contributed by atoms with van der Waals surface area (Å²) in [5.74, 6) is 0. The molecule has 2 atom stereocenters. The molecule has 0 bridgehead atoms. The molecule has 1 aliphatic rings. The maximum atomic E-state index is 12.3. The van der Waals surface area contributed by atoms with Crippen LogP contribution in [0.5, 0.6) is 0 Å². The van der Waals surface area contributed by atoms with Gasteiger partial charge in [0.2, 0.25) is 0 Å². The number of nitrogens with zero attached hydrogens (tertiary/aromatic N) is 4. The Labute approximate surface area is 139 Å². The number of aromatic nitrogens is 2. The molecule has 2 rings (SSSR count). The molecule has 0 radical (unpaired) electrons. The number of amides is 1. The molecular formula is C17H30N4O2. The first-order valence-corrected chi connectivity index (χ1v) is 8.44. The van der Waals surface area contributed by atoms with E-state index in [0.29, 0.717) is 12.6 Å². The summed E-state index contributed by atoms with van der Waals surface area (Å²) in [4.78, 5) is 16.6. The van der Waals surface area contributed by atoms with Crippen LogP contribution in [0, 0.1) is 0 Å². The van der Waals surface area contributed by atoms with Crippen molar-refractivity contribution >= 4 is 6.09 Å². The summed E-state index contributed by atoms with van der Waals surface area (Å²) in [5, 5.41) is 4.33. The molecule has 1 amide bonds. The first kappa shape index (κ1) is 17.8. The summed E-state index contributed by atoms with van der Waals surface area (Å²) in [7, 11) is 0. The van der Waals surface area contributed by atoms with E-state index in [0.717, 1.165) is 19.6 Å². The minimum absolute atomic E-state index is 0.141. The van der Waals surface area contributed by atoms with Crippen molar-refractivity contribution in [2.45, 2.75) is 72.3 Å². The second-order valence-electron chi connectivity index (χ2n) is 7.46. The first-order valence-electron chi connectivity index (χ1n) is 8.44. The van der Waals surface area contributed by atoms with E-state index in [-0.39, 0.29) is 12.1 Å². The average molecular weight is 322 g/mol. The molecule has 0 spiro atoms. The third-order valence-corrected chi connectivity index (χ3v) is 4.14. The monoisotopic (exact) mass is 322 g/mol. The normalized spacial score (nSPS) is 23.1. The van der Waals surface area contributed by atoms with E-state index in [1.165, 1.54) is 5.56 Å². The lowest BCUT2D eigenvalue weighted by Gasteiger charge is -2.44. The Hall–Kier alpha value is -1.56. The number of ether oxygens (including phenoxy) is 1. The second-order valence-corrected chi connectivity index (χ2v) is 7.46. The van der Waals surface area contributed by atoms with E-state index in [2.05, 4.69) is 37.0 Å². The Kier molecular flexibility index (Phi) is 5.34. The molecule has 6 nitrogen and oxygen atoms in total. The van der Waals surface area contributed by atoms with Gasteiger partial charge in [-0.05, 0) is 41.5 Å². The molecule has 0 saturated carbocycles. The molecule has 2 heterocycles. The van der Waals surface area contributed by atoms with Gasteiger partial charge in [-0.1, -0.05) is 0 Å². The Morgan fingerprint density at radius 1 is 1.30 bits per heavy atom. The van der Waals surface area contributed by atoms with Gasteiger partial charge in [0.05, 0.1) is 6.20 Å². The summed E-state index contributed by atoms with van der Waals surface area (Å²) in [6, 6.07) is 0.436. The standard InChI is InChI=1S/C17H30N4O2/c1-7-20-12-15(8-18-20)11-19-9-14(3)21(10-13(19)2)16(22)23-17(4,5)6/h8,12-14H,7,9-11H2,1-6H3. The minimum Gasteiger partial charge on any atom is -0.444 e. The highest BCUT2D eigenvalue weighted by molar-refractivity contribution is 5.68. The van der Waals surface area contributed by atoms with Gasteiger partial charge in [0.25, 0.3) is 0 Å². The highest BCUT2D eigenvalue weighted by atomic mass is 16.6. The molecule has 130 valence electrons. The highest BCUT2D eigenvalue weighted by Crippen LogP contribution is 2.20. The topological polar surface area (TPSA) is 50.6 Å². The van der Waals surface area contributed by atoms with Crippen molar-refractivity contribution in [2.24, 2.45) is 0 Å². The lowest BCUT2D eigenvalue weighted by atomic mass is 10.1. The molecule has 1 aliphatic heterocycles. The number of piperazine rings is 1. The Morgan fingerprint density at radius 3 is 2.57 bits per heavy atom. The van der Waals surface area contributed by atoms with Crippen LogP contribution in [0.3, 0.4) is 0 Å². The maximum absolute atomic E-state index is 12.3. The van der Waals surface area contributed by atoms with E-state index in [1.54, 1.807) is 0 Å². The predicted molar refractivity (Wildman–Crippen MR) is 90.2 cm³/mol. The van der Waals surface area contributed by atoms with Crippen molar-refractivity contribution in [1.29, 1.82) is 0 Å². The van der Waals surface area contributed by atoms with Crippen LogP contribution in [-0.4, -0.2) is 56.4 Å². The fraction of sp³-hybridized carbons (Fsp3) is 0.765. The molecule has 1 aromatic rings. The van der Waals surface area contributed by atoms with Crippen molar-refractivity contribution in [3.05, 3.63) is 18.0 Å². The van der Waals surface area contributed by atoms with E-state index in [1.807, 2.05) is 36.5 Å². The van der Waals surface area contributed by atoms with E-state index in [4.69, 9.17) is 4.74 Å². The molecule has 6 heteroatoms. The van der Waals surface area contributed by atoms with Crippen molar-refractivity contribution in [2.75, 3.05) is 13.1 Å². The maximum Gasteiger partial charge on any atom is 0.410 e. The van der Waals surface area contributed by atoms with Gasteiger partial charge in [0, 0.05) is 50.0 Å². The van der Waals surface area contributed by atoms with Gasteiger partial charge in [-0.15, -0.1) is 0 Å². The lowest BCUT2D eigenvalue weighted by Crippen LogP contribution is -2.58. The number of aryl methyl sites for hydroxylation is 1. The van der Waals surface area contributed by atoms with Gasteiger partial charge >= 0.3 is 6.09 Å². The molecule has 0 N–H and O–H groups in total. The Morgan fingerprint density at radius 2 is 2.00 bits per heavy atom. The fourth-order valence-corrected chi connectivity index (χ4v) is 2.89. The van der Waals surface area contributed by atoms with Crippen LogP contribution in [0.25, 0.3) is 0 Å². The van der Waals surface area contributed by atoms with Crippen molar-refractivity contribution in [3.63, 3.8) is 0 Å². The largest absolute Gasteiger partial charge is 0.444 e. The molecule has 23 heavy (non-hydrogen) atoms. The third kappa shape index (κ3) is 4.70. The van der Waals surface area contributed by atoms with Crippen LogP contribution in [-0.2, 0) is 17.8 Å². The van der Waals surface area contributed by atoms with Crippen LogP contribution in [0.2, 0.25) is 0 Å². The zero-order chi connectivity index (χ0) is 17.2. The molecule has 1 aromatic heterocycles. The summed E-state index contributed by atoms with van der Waals surface area (Å²) in [6.45, 7) is 15.3. The molecule has 2 unspecified atom stereocenters. The quantitative estimate of drug-likeness (QED) is 0.858. The van der Waals surface area contributed by atoms with Crippen LogP contribution in [0.15, 0.2) is 12.4 Å². The average Bonchev–Trinajstić information content (AvgIpc) is 2.88. The van der Waals surface area contributed by atoms with E-state index in [9.17, 15) is 4.79 Å². The molecule has 1 saturated heterocycles. The Balaban J connectivity index is 1.97. The zero-order valence-electron chi connectivity index (χ0n) is 15.2. The van der Waals surface area contributed by atoms with Crippen LogP contribution in [0.4, 0.5) is 4.79 Å². The van der Waals surface area contributed by atoms with Gasteiger partial charge in [-0.2, -0.15) is 5.10 Å². The van der Waals surface area contributed by atoms with Gasteiger partial charge in [-0.3, -0.25) is 9.58 Å². The van der Waals surface area contributed by atoms with Gasteiger partial charge in [0.1, 0.15) is 5.60 Å². The highest BCUT2D eigenvalue weighted by Gasteiger charge is 2.34. The van der Waals surface area contributed by atoms with E-state index >= 15 is 0 Å². The minimum atomic E-state index is -0.452. The molecule has 0 aromatic carbocycles. The van der Waals surface area contributed by atoms with Gasteiger partial charge in [0.15, 0.2) is 0 Å². The van der Waals surface area contributed by atoms with Crippen LogP contribution in [0.1, 0.15) is 47.1 Å². The zero-order valence-corrected chi connectivity index (χ0v) is 15.2. The first-order chi connectivity index (χ1) is 10.7. The van der Waals surface area contributed by atoms with E-state index < -0.39 is 5.60 Å². The van der Waals surface area contributed by atoms with Crippen molar-refractivity contribution in [1.82, 2.24) is 19.6 Å². The lowest BCUT2D eigenvalue weighted by molar-refractivity contribution is -0.0117. The van der Waals surface area contributed by atoms with Gasteiger partial charge in [-0.25, -0.2) is 4.79 Å². The molecular weight excluding hydrogens is 292 g/mol. The predicted octanol–water partition coefficient (Wildman–Crippen LogP) is 2.73. The van der Waals surface area contributed by atoms with Crippen LogP contribution < -0.4 is 0 Å². The SMILES string of the molecule is CCn1cc(CN2CC(C)N(C(=O)OC(C)(C)C)CC2C)cn1. The number of hydrogen-bond donors (Lipinski definition) is 0. The third-order valence-electron chi connectivity index (χ3n) is 4.14. The molecule has 1 fully saturated rings. The number of hydrogen-bond acceptors (Lipinski definition) is 4. The number of carbonyl (C=O) groups is 1. The Bertz CT molecular complexity index is 535. The smallest absolute Gasteiger partial charge is 0.410 e. The molecule has 0 aliphatic carbocycles. The van der Waals surface area contributed by atoms with Crippen molar-refractivity contribution < 1.29 is 9.53 Å². The number of carbonyl (C=O) groups excluding carboxylic acids is 1. The summed E-state index contributed by atoms with van der Waals surface area (Å²) >= 11 is 0. The second kappa shape index (κ2) is 6.91. The van der Waals surface area contributed by atoms with Crippen LogP contribution >= 0.6 is 0 Å². The summed E-state index contributed by atoms with van der Waals surface area (Å²) in [5.41, 5.74) is 0.767. The number of rotatable bonds is 3. The summed E-state index contributed by atoms with van der Waals surface area (Å²) in [6.07, 6.45) is 3.81. The summed E-state index contributed by atoms with van der Waals surface area (Å²) < 4.78 is 7.47.